The van der Waals surface area contributed by atoms with Gasteiger partial charge in [0.2, 0.25) is 5.91 Å². The lowest BCUT2D eigenvalue weighted by molar-refractivity contribution is -0.111. The van der Waals surface area contributed by atoms with Crippen molar-refractivity contribution in [3.8, 4) is 0 Å². The Labute approximate surface area is 93.8 Å². The normalized spacial score (nSPS) is 10.8. The van der Waals surface area contributed by atoms with Gasteiger partial charge >= 0.3 is 0 Å². The van der Waals surface area contributed by atoms with E-state index in [0.29, 0.717) is 5.69 Å². The zero-order chi connectivity index (χ0) is 11.4. The van der Waals surface area contributed by atoms with Crippen LogP contribution in [0.1, 0.15) is 6.92 Å². The van der Waals surface area contributed by atoms with Gasteiger partial charge in [0.05, 0.1) is 17.4 Å². The molecule has 0 radical (unpaired) electrons. The third kappa shape index (κ3) is 2.25. The van der Waals surface area contributed by atoms with Crippen LogP contribution in [0.5, 0.6) is 0 Å². The number of para-hydroxylation sites is 1. The van der Waals surface area contributed by atoms with Gasteiger partial charge < -0.3 is 5.32 Å². The predicted molar refractivity (Wildman–Crippen MR) is 65.2 cm³/mol. The number of fused-ring (bicyclic) bond motifs is 1. The van der Waals surface area contributed by atoms with Crippen LogP contribution in [-0.2, 0) is 4.79 Å². The van der Waals surface area contributed by atoms with Crippen LogP contribution < -0.4 is 5.32 Å². The van der Waals surface area contributed by atoms with Crippen molar-refractivity contribution in [1.82, 2.24) is 4.98 Å². The van der Waals surface area contributed by atoms with E-state index in [1.54, 1.807) is 19.2 Å². The molecule has 0 fully saturated rings. The maximum Gasteiger partial charge on any atom is 0.248 e. The molecule has 0 atom stereocenters. The first-order valence-electron chi connectivity index (χ1n) is 5.08. The summed E-state index contributed by atoms with van der Waals surface area (Å²) >= 11 is 0. The molecule has 3 nitrogen and oxygen atoms in total. The molecule has 1 N–H and O–H groups in total. The van der Waals surface area contributed by atoms with Crippen LogP contribution in [0, 0.1) is 0 Å². The molecule has 2 rings (SSSR count). The largest absolute Gasteiger partial charge is 0.321 e. The summed E-state index contributed by atoms with van der Waals surface area (Å²) in [6.45, 7) is 1.80. The van der Waals surface area contributed by atoms with Gasteiger partial charge in [-0.15, -0.1) is 0 Å². The maximum atomic E-state index is 11.3. The van der Waals surface area contributed by atoms with Crippen molar-refractivity contribution < 1.29 is 4.79 Å². The number of benzene rings is 1. The Hall–Kier alpha value is -2.16. The van der Waals surface area contributed by atoms with E-state index in [2.05, 4.69) is 10.3 Å². The van der Waals surface area contributed by atoms with Crippen LogP contribution in [0.4, 0.5) is 5.69 Å². The van der Waals surface area contributed by atoms with Crippen molar-refractivity contribution in [2.45, 2.75) is 6.92 Å². The second-order valence-electron chi connectivity index (χ2n) is 3.41. The van der Waals surface area contributed by atoms with E-state index in [1.807, 2.05) is 30.3 Å². The van der Waals surface area contributed by atoms with Gasteiger partial charge in [-0.3, -0.25) is 9.78 Å². The smallest absolute Gasteiger partial charge is 0.248 e. The molecule has 1 aromatic heterocycles. The van der Waals surface area contributed by atoms with Crippen LogP contribution in [-0.4, -0.2) is 10.9 Å². The van der Waals surface area contributed by atoms with Gasteiger partial charge in [0.25, 0.3) is 0 Å². The Balaban J connectivity index is 2.29. The monoisotopic (exact) mass is 212 g/mol. The molecule has 16 heavy (non-hydrogen) atoms. The van der Waals surface area contributed by atoms with Gasteiger partial charge in [0.1, 0.15) is 0 Å². The Kier molecular flexibility index (Phi) is 2.96. The highest BCUT2D eigenvalue weighted by Crippen LogP contribution is 2.15. The van der Waals surface area contributed by atoms with Crippen molar-refractivity contribution in [3.63, 3.8) is 0 Å². The third-order valence-corrected chi connectivity index (χ3v) is 2.18. The SMILES string of the molecule is C/C=C/C(=O)Nc1cnc2ccccc2c1. The highest BCUT2D eigenvalue weighted by molar-refractivity contribution is 6.00. The molecule has 0 saturated carbocycles. The molecule has 0 aliphatic heterocycles. The molecule has 0 spiro atoms. The van der Waals surface area contributed by atoms with E-state index in [1.165, 1.54) is 6.08 Å². The summed E-state index contributed by atoms with van der Waals surface area (Å²) in [6.07, 6.45) is 4.84. The van der Waals surface area contributed by atoms with E-state index < -0.39 is 0 Å². The van der Waals surface area contributed by atoms with Crippen LogP contribution in [0.3, 0.4) is 0 Å². The first-order valence-corrected chi connectivity index (χ1v) is 5.08. The van der Waals surface area contributed by atoms with Gasteiger partial charge in [-0.05, 0) is 25.1 Å². The van der Waals surface area contributed by atoms with Gasteiger partial charge in [-0.1, -0.05) is 24.3 Å². The van der Waals surface area contributed by atoms with Crippen molar-refractivity contribution >= 4 is 22.5 Å². The average molecular weight is 212 g/mol. The van der Waals surface area contributed by atoms with Crippen LogP contribution >= 0.6 is 0 Å². The number of hydrogen-bond donors (Lipinski definition) is 1. The van der Waals surface area contributed by atoms with Gasteiger partial charge in [-0.2, -0.15) is 0 Å². The fourth-order valence-electron chi connectivity index (χ4n) is 1.47. The van der Waals surface area contributed by atoms with E-state index in [9.17, 15) is 4.79 Å². The average Bonchev–Trinajstić information content (AvgIpc) is 2.29. The first-order chi connectivity index (χ1) is 7.79. The molecule has 0 saturated heterocycles. The van der Waals surface area contributed by atoms with Crippen molar-refractivity contribution in [3.05, 3.63) is 48.7 Å². The molecule has 0 aliphatic carbocycles. The number of nitrogens with one attached hydrogen (secondary N) is 1. The number of aromatic nitrogens is 1. The molecular formula is C13H12N2O. The Morgan fingerprint density at radius 1 is 1.38 bits per heavy atom. The van der Waals surface area contributed by atoms with Crippen LogP contribution in [0.15, 0.2) is 48.7 Å². The highest BCUT2D eigenvalue weighted by Gasteiger charge is 1.99. The number of rotatable bonds is 2. The molecule has 1 aromatic carbocycles. The number of carbonyl (C=O) groups is 1. The van der Waals surface area contributed by atoms with Crippen molar-refractivity contribution in [2.24, 2.45) is 0 Å². The lowest BCUT2D eigenvalue weighted by atomic mass is 10.2. The fourth-order valence-corrected chi connectivity index (χ4v) is 1.47. The summed E-state index contributed by atoms with van der Waals surface area (Å²) in [4.78, 5) is 15.6. The lowest BCUT2D eigenvalue weighted by Gasteiger charge is -2.03. The molecule has 80 valence electrons. The summed E-state index contributed by atoms with van der Waals surface area (Å²) in [6, 6.07) is 9.69. The number of carbonyl (C=O) groups excluding carboxylic acids is 1. The number of nitrogens with zero attached hydrogens (tertiary/aromatic N) is 1. The second kappa shape index (κ2) is 4.57. The van der Waals surface area contributed by atoms with Gasteiger partial charge in [0.15, 0.2) is 0 Å². The lowest BCUT2D eigenvalue weighted by Crippen LogP contribution is -2.07. The molecule has 0 bridgehead atoms. The molecule has 0 aliphatic rings. The predicted octanol–water partition coefficient (Wildman–Crippen LogP) is 2.75. The second-order valence-corrected chi connectivity index (χ2v) is 3.41. The summed E-state index contributed by atoms with van der Waals surface area (Å²) in [5.41, 5.74) is 1.63. The molecule has 2 aromatic rings. The standard InChI is InChI=1S/C13H12N2O/c1-2-5-13(16)15-11-8-10-6-3-4-7-12(10)14-9-11/h2-9H,1H3,(H,15,16)/b5-2+. The Morgan fingerprint density at radius 2 is 2.19 bits per heavy atom. The zero-order valence-electron chi connectivity index (χ0n) is 8.97. The minimum absolute atomic E-state index is 0.139. The van der Waals surface area contributed by atoms with Crippen LogP contribution in [0.2, 0.25) is 0 Å². The van der Waals surface area contributed by atoms with E-state index >= 15 is 0 Å². The zero-order valence-corrected chi connectivity index (χ0v) is 8.97. The summed E-state index contributed by atoms with van der Waals surface area (Å²) in [5.74, 6) is -0.139. The van der Waals surface area contributed by atoms with Gasteiger partial charge in [-0.25, -0.2) is 0 Å². The number of pyridine rings is 1. The minimum atomic E-state index is -0.139. The topological polar surface area (TPSA) is 42.0 Å². The third-order valence-electron chi connectivity index (χ3n) is 2.18. The molecular weight excluding hydrogens is 200 g/mol. The molecule has 0 unspecified atom stereocenters. The van der Waals surface area contributed by atoms with Gasteiger partial charge in [0, 0.05) is 5.39 Å². The summed E-state index contributed by atoms with van der Waals surface area (Å²) in [7, 11) is 0. The Morgan fingerprint density at radius 3 is 3.00 bits per heavy atom. The summed E-state index contributed by atoms with van der Waals surface area (Å²) in [5, 5.41) is 3.76. The molecule has 1 amide bonds. The maximum absolute atomic E-state index is 11.3. The summed E-state index contributed by atoms with van der Waals surface area (Å²) < 4.78 is 0. The van der Waals surface area contributed by atoms with Crippen molar-refractivity contribution in [2.75, 3.05) is 5.32 Å². The molecule has 3 heteroatoms. The van der Waals surface area contributed by atoms with E-state index in [-0.39, 0.29) is 5.91 Å². The number of hydrogen-bond acceptors (Lipinski definition) is 2. The number of anilines is 1. The van der Waals surface area contributed by atoms with Crippen LogP contribution in [0.25, 0.3) is 10.9 Å². The van der Waals surface area contributed by atoms with E-state index in [4.69, 9.17) is 0 Å². The molecule has 1 heterocycles. The van der Waals surface area contributed by atoms with E-state index in [0.717, 1.165) is 10.9 Å². The number of allylic oxidation sites excluding steroid dienone is 1. The Bertz CT molecular complexity index is 546. The fraction of sp³-hybridized carbons (Fsp3) is 0.0769. The minimum Gasteiger partial charge on any atom is -0.321 e. The number of amides is 1. The quantitative estimate of drug-likeness (QED) is 0.778. The highest BCUT2D eigenvalue weighted by atomic mass is 16.1. The first kappa shape index (κ1) is 10.4. The van der Waals surface area contributed by atoms with Crippen molar-refractivity contribution in [1.29, 1.82) is 0 Å².